The molecular weight excluding hydrogens is 398 g/mol. The first kappa shape index (κ1) is 19.6. The van der Waals surface area contributed by atoms with Crippen molar-refractivity contribution in [2.75, 3.05) is 65.9 Å². The van der Waals surface area contributed by atoms with Crippen LogP contribution < -0.4 is 15.1 Å². The molecule has 160 valence electrons. The highest BCUT2D eigenvalue weighted by atomic mass is 32.2. The summed E-state index contributed by atoms with van der Waals surface area (Å²) in [6, 6.07) is 13.2. The molecule has 0 bridgehead atoms. The zero-order valence-corrected chi connectivity index (χ0v) is 18.0. The van der Waals surface area contributed by atoms with E-state index < -0.39 is 9.84 Å². The third-order valence-electron chi connectivity index (χ3n) is 6.58. The van der Waals surface area contributed by atoms with Gasteiger partial charge in [0.2, 0.25) is 0 Å². The molecule has 0 amide bonds. The van der Waals surface area contributed by atoms with Gasteiger partial charge in [0.25, 0.3) is 0 Å². The number of pyridine rings is 1. The maximum Gasteiger partial charge on any atom is 0.152 e. The summed E-state index contributed by atoms with van der Waals surface area (Å²) >= 11 is 0. The fourth-order valence-corrected chi connectivity index (χ4v) is 6.05. The molecule has 4 heterocycles. The average molecular weight is 428 g/mol. The molecule has 3 aliphatic rings. The van der Waals surface area contributed by atoms with Crippen molar-refractivity contribution in [3.05, 3.63) is 42.6 Å². The lowest BCUT2D eigenvalue weighted by Gasteiger charge is -2.40. The van der Waals surface area contributed by atoms with Gasteiger partial charge < -0.3 is 15.1 Å². The molecule has 7 nitrogen and oxygen atoms in total. The Morgan fingerprint density at radius 2 is 1.70 bits per heavy atom. The van der Waals surface area contributed by atoms with Gasteiger partial charge >= 0.3 is 0 Å². The van der Waals surface area contributed by atoms with Crippen molar-refractivity contribution in [1.29, 1.82) is 0 Å². The Labute approximate surface area is 178 Å². The molecule has 1 aromatic carbocycles. The highest BCUT2D eigenvalue weighted by Crippen LogP contribution is 2.34. The number of aromatic nitrogens is 1. The number of benzene rings is 1. The first-order valence-corrected chi connectivity index (χ1v) is 12.7. The molecule has 8 heteroatoms. The van der Waals surface area contributed by atoms with Gasteiger partial charge in [0.1, 0.15) is 5.82 Å². The number of rotatable bonds is 3. The maximum absolute atomic E-state index is 11.7. The number of anilines is 4. The number of nitrogens with one attached hydrogen (secondary N) is 1. The van der Waals surface area contributed by atoms with Crippen LogP contribution in [0.4, 0.5) is 22.9 Å². The molecule has 0 saturated carbocycles. The topological polar surface area (TPSA) is 68.8 Å². The van der Waals surface area contributed by atoms with E-state index in [1.165, 1.54) is 11.4 Å². The summed E-state index contributed by atoms with van der Waals surface area (Å²) in [6.45, 7) is 5.17. The summed E-state index contributed by atoms with van der Waals surface area (Å²) in [5.41, 5.74) is 3.50. The van der Waals surface area contributed by atoms with Crippen LogP contribution in [-0.2, 0) is 9.84 Å². The zero-order valence-electron chi connectivity index (χ0n) is 17.2. The molecule has 1 aromatic heterocycles. The minimum absolute atomic E-state index is 0.313. The Hall–Kier alpha value is -2.32. The third kappa shape index (κ3) is 3.98. The summed E-state index contributed by atoms with van der Waals surface area (Å²) in [6.07, 6.45) is 4.15. The van der Waals surface area contributed by atoms with Crippen LogP contribution in [0, 0.1) is 0 Å². The lowest BCUT2D eigenvalue weighted by Crippen LogP contribution is -2.50. The molecule has 2 fully saturated rings. The number of hydrogen-bond acceptors (Lipinski definition) is 7. The molecule has 5 rings (SSSR count). The number of fused-ring (bicyclic) bond motifs is 1. The molecule has 1 N–H and O–H groups in total. The van der Waals surface area contributed by atoms with Gasteiger partial charge in [-0.05, 0) is 37.1 Å². The fourth-order valence-electron chi connectivity index (χ4n) is 4.83. The lowest BCUT2D eigenvalue weighted by molar-refractivity contribution is 0.182. The smallest absolute Gasteiger partial charge is 0.152 e. The van der Waals surface area contributed by atoms with Crippen LogP contribution in [-0.4, -0.2) is 75.1 Å². The Balaban J connectivity index is 1.21. The summed E-state index contributed by atoms with van der Waals surface area (Å²) in [5.74, 6) is 1.61. The predicted molar refractivity (Wildman–Crippen MR) is 122 cm³/mol. The Morgan fingerprint density at radius 1 is 0.933 bits per heavy atom. The maximum atomic E-state index is 11.7. The van der Waals surface area contributed by atoms with Gasteiger partial charge in [0.15, 0.2) is 9.84 Å². The second kappa shape index (κ2) is 8.07. The average Bonchev–Trinajstić information content (AvgIpc) is 2.79. The number of nitrogens with zero attached hydrogens (tertiary/aromatic N) is 4. The third-order valence-corrected chi connectivity index (χ3v) is 8.19. The Bertz CT molecular complexity index is 973. The minimum Gasteiger partial charge on any atom is -0.382 e. The Morgan fingerprint density at radius 3 is 2.43 bits per heavy atom. The van der Waals surface area contributed by atoms with Gasteiger partial charge in [-0.2, -0.15) is 0 Å². The van der Waals surface area contributed by atoms with E-state index in [4.69, 9.17) is 4.98 Å². The van der Waals surface area contributed by atoms with Gasteiger partial charge in [-0.3, -0.25) is 4.90 Å². The van der Waals surface area contributed by atoms with E-state index in [1.54, 1.807) is 0 Å². The zero-order chi connectivity index (χ0) is 20.6. The van der Waals surface area contributed by atoms with Gasteiger partial charge in [-0.1, -0.05) is 12.1 Å². The number of para-hydroxylation sites is 2. The van der Waals surface area contributed by atoms with E-state index in [1.807, 2.05) is 6.20 Å². The van der Waals surface area contributed by atoms with E-state index >= 15 is 0 Å². The van der Waals surface area contributed by atoms with Crippen LogP contribution in [0.1, 0.15) is 12.8 Å². The van der Waals surface area contributed by atoms with E-state index in [9.17, 15) is 8.42 Å². The van der Waals surface area contributed by atoms with E-state index in [0.717, 1.165) is 50.5 Å². The fraction of sp³-hybridized carbons (Fsp3) is 0.500. The summed E-state index contributed by atoms with van der Waals surface area (Å²) < 4.78 is 23.4. The predicted octanol–water partition coefficient (Wildman–Crippen LogP) is 2.34. The van der Waals surface area contributed by atoms with E-state index in [0.29, 0.717) is 30.6 Å². The van der Waals surface area contributed by atoms with Crippen LogP contribution in [0.15, 0.2) is 42.6 Å². The summed E-state index contributed by atoms with van der Waals surface area (Å²) in [7, 11) is -2.81. The van der Waals surface area contributed by atoms with Crippen LogP contribution >= 0.6 is 0 Å². The highest BCUT2D eigenvalue weighted by molar-refractivity contribution is 7.91. The molecule has 3 aliphatic heterocycles. The van der Waals surface area contributed by atoms with Gasteiger partial charge in [0.05, 0.1) is 34.8 Å². The molecular formula is C22H29N5O2S. The van der Waals surface area contributed by atoms with Crippen molar-refractivity contribution < 1.29 is 8.42 Å². The van der Waals surface area contributed by atoms with Crippen LogP contribution in [0.25, 0.3) is 0 Å². The van der Waals surface area contributed by atoms with Crippen molar-refractivity contribution in [3.8, 4) is 0 Å². The summed E-state index contributed by atoms with van der Waals surface area (Å²) in [4.78, 5) is 11.8. The molecule has 0 radical (unpaired) electrons. The highest BCUT2D eigenvalue weighted by Gasteiger charge is 2.30. The molecule has 2 aromatic rings. The van der Waals surface area contributed by atoms with Crippen molar-refractivity contribution in [2.45, 2.75) is 18.9 Å². The Kier molecular flexibility index (Phi) is 5.28. The normalized spacial score (nSPS) is 22.4. The van der Waals surface area contributed by atoms with E-state index in [-0.39, 0.29) is 0 Å². The van der Waals surface area contributed by atoms with Crippen LogP contribution in [0.2, 0.25) is 0 Å². The van der Waals surface area contributed by atoms with Gasteiger partial charge in [0, 0.05) is 45.3 Å². The van der Waals surface area contributed by atoms with Crippen LogP contribution in [0.5, 0.6) is 0 Å². The van der Waals surface area contributed by atoms with Crippen LogP contribution in [0.3, 0.4) is 0 Å². The van der Waals surface area contributed by atoms with Crippen molar-refractivity contribution in [3.63, 3.8) is 0 Å². The minimum atomic E-state index is -2.81. The molecule has 0 spiro atoms. The number of hydrogen-bond donors (Lipinski definition) is 1. The molecule has 0 aliphatic carbocycles. The molecule has 0 atom stereocenters. The molecule has 2 saturated heterocycles. The second-order valence-electron chi connectivity index (χ2n) is 8.38. The standard InChI is InChI=1S/C22H29N5O2S/c28-30(29)15-13-26(14-16-30)18-7-10-25(11-8-18)19-5-6-22(24-17-19)27-12-9-23-20-3-1-2-4-21(20)27/h1-6,17-18,23H,7-16H2. The summed E-state index contributed by atoms with van der Waals surface area (Å²) in [5, 5.41) is 3.45. The quantitative estimate of drug-likeness (QED) is 0.806. The lowest BCUT2D eigenvalue weighted by atomic mass is 10.0. The monoisotopic (exact) mass is 427 g/mol. The van der Waals surface area contributed by atoms with E-state index in [2.05, 4.69) is 56.4 Å². The first-order chi connectivity index (χ1) is 14.6. The second-order valence-corrected chi connectivity index (χ2v) is 10.7. The van der Waals surface area contributed by atoms with Crippen molar-refractivity contribution in [1.82, 2.24) is 9.88 Å². The van der Waals surface area contributed by atoms with Crippen molar-refractivity contribution in [2.24, 2.45) is 0 Å². The largest absolute Gasteiger partial charge is 0.382 e. The first-order valence-electron chi connectivity index (χ1n) is 10.8. The number of piperidine rings is 1. The SMILES string of the molecule is O=S1(=O)CCN(C2CCN(c3ccc(N4CCNc5ccccc54)nc3)CC2)CC1. The van der Waals surface area contributed by atoms with Gasteiger partial charge in [-0.15, -0.1) is 0 Å². The van der Waals surface area contributed by atoms with Gasteiger partial charge in [-0.25, -0.2) is 13.4 Å². The molecule has 0 unspecified atom stereocenters. The van der Waals surface area contributed by atoms with Crippen molar-refractivity contribution >= 4 is 32.7 Å². The molecule has 30 heavy (non-hydrogen) atoms. The number of sulfone groups is 1.